The van der Waals surface area contributed by atoms with Gasteiger partial charge in [0.1, 0.15) is 17.1 Å². The molecule has 0 unspecified atom stereocenters. The van der Waals surface area contributed by atoms with E-state index in [1.54, 1.807) is 0 Å². The van der Waals surface area contributed by atoms with Crippen LogP contribution in [0.4, 0.5) is 0 Å². The van der Waals surface area contributed by atoms with Crippen molar-refractivity contribution in [1.82, 2.24) is 5.32 Å². The summed E-state index contributed by atoms with van der Waals surface area (Å²) in [7, 11) is 0. The van der Waals surface area contributed by atoms with Crippen molar-refractivity contribution in [2.45, 2.75) is 78.0 Å². The predicted octanol–water partition coefficient (Wildman–Crippen LogP) is 5.66. The summed E-state index contributed by atoms with van der Waals surface area (Å²) in [5, 5.41) is 3.25. The number of fused-ring (bicyclic) bond motifs is 1. The molecular weight excluding hydrogens is 362 g/mol. The normalized spacial score (nSPS) is 18.3. The third kappa shape index (κ3) is 4.58. The standard InChI is InChI=1S/C25H33NO3/c1-6-22(28-19-14-13-17(4)18(5)15-19)24(27)26-21-16-25(7-2,8-3)29-23-12-10-9-11-20(21)23/h9-15,21-22H,6-8,16H2,1-5H3,(H,26,27)/t21-,22+/m0/s1. The van der Waals surface area contributed by atoms with E-state index in [1.807, 2.05) is 49.4 Å². The largest absolute Gasteiger partial charge is 0.487 e. The number of amides is 1. The Kier molecular flexibility index (Phi) is 6.51. The molecular formula is C25H33NO3. The van der Waals surface area contributed by atoms with E-state index in [0.29, 0.717) is 6.42 Å². The Labute approximate surface area is 174 Å². The highest BCUT2D eigenvalue weighted by molar-refractivity contribution is 5.81. The van der Waals surface area contributed by atoms with Gasteiger partial charge in [-0.25, -0.2) is 0 Å². The maximum absolute atomic E-state index is 13.1. The lowest BCUT2D eigenvalue weighted by atomic mass is 9.83. The lowest BCUT2D eigenvalue weighted by molar-refractivity contribution is -0.129. The first-order chi connectivity index (χ1) is 13.9. The van der Waals surface area contributed by atoms with Crippen LogP contribution in [0.3, 0.4) is 0 Å². The molecule has 29 heavy (non-hydrogen) atoms. The van der Waals surface area contributed by atoms with Crippen LogP contribution in [-0.2, 0) is 4.79 Å². The third-order valence-electron chi connectivity index (χ3n) is 6.22. The maximum atomic E-state index is 13.1. The summed E-state index contributed by atoms with van der Waals surface area (Å²) >= 11 is 0. The summed E-state index contributed by atoms with van der Waals surface area (Å²) in [6, 6.07) is 13.9. The molecule has 2 aromatic carbocycles. The van der Waals surface area contributed by atoms with Crippen LogP contribution in [0.25, 0.3) is 0 Å². The molecule has 0 saturated heterocycles. The first-order valence-electron chi connectivity index (χ1n) is 10.7. The SMILES string of the molecule is CC[C@@H](Oc1ccc(C)c(C)c1)C(=O)N[C@H]1CC(CC)(CC)Oc2ccccc21. The summed E-state index contributed by atoms with van der Waals surface area (Å²) in [5.41, 5.74) is 3.17. The van der Waals surface area contributed by atoms with Gasteiger partial charge in [-0.15, -0.1) is 0 Å². The predicted molar refractivity (Wildman–Crippen MR) is 117 cm³/mol. The Morgan fingerprint density at radius 2 is 1.86 bits per heavy atom. The van der Waals surface area contributed by atoms with Crippen LogP contribution in [0.1, 0.15) is 69.2 Å². The van der Waals surface area contributed by atoms with Crippen molar-refractivity contribution < 1.29 is 14.3 Å². The number of carbonyl (C=O) groups is 1. The molecule has 2 aromatic rings. The van der Waals surface area contributed by atoms with Crippen LogP contribution >= 0.6 is 0 Å². The number of carbonyl (C=O) groups excluding carboxylic acids is 1. The molecule has 0 saturated carbocycles. The first-order valence-corrected chi connectivity index (χ1v) is 10.7. The second-order valence-electron chi connectivity index (χ2n) is 8.06. The summed E-state index contributed by atoms with van der Waals surface area (Å²) in [6.45, 7) is 10.4. The van der Waals surface area contributed by atoms with Gasteiger partial charge in [-0.2, -0.15) is 0 Å². The van der Waals surface area contributed by atoms with E-state index in [2.05, 4.69) is 33.0 Å². The fourth-order valence-corrected chi connectivity index (χ4v) is 3.97. The van der Waals surface area contributed by atoms with Crippen LogP contribution < -0.4 is 14.8 Å². The highest BCUT2D eigenvalue weighted by Crippen LogP contribution is 2.42. The van der Waals surface area contributed by atoms with E-state index < -0.39 is 6.10 Å². The zero-order valence-electron chi connectivity index (χ0n) is 18.2. The van der Waals surface area contributed by atoms with Gasteiger partial charge in [-0.1, -0.05) is 45.0 Å². The van der Waals surface area contributed by atoms with E-state index in [0.717, 1.165) is 41.9 Å². The van der Waals surface area contributed by atoms with Crippen molar-refractivity contribution in [3.8, 4) is 11.5 Å². The van der Waals surface area contributed by atoms with Crippen LogP contribution in [0.15, 0.2) is 42.5 Å². The topological polar surface area (TPSA) is 47.6 Å². The molecule has 0 radical (unpaired) electrons. The number of rotatable bonds is 7. The monoisotopic (exact) mass is 395 g/mol. The number of hydrogen-bond acceptors (Lipinski definition) is 3. The van der Waals surface area contributed by atoms with Gasteiger partial charge in [0.05, 0.1) is 6.04 Å². The van der Waals surface area contributed by atoms with Crippen molar-refractivity contribution in [2.24, 2.45) is 0 Å². The minimum absolute atomic E-state index is 0.0754. The number of aryl methyl sites for hydroxylation is 2. The van der Waals surface area contributed by atoms with Gasteiger partial charge in [-0.3, -0.25) is 4.79 Å². The van der Waals surface area contributed by atoms with Crippen LogP contribution in [0, 0.1) is 13.8 Å². The minimum Gasteiger partial charge on any atom is -0.487 e. The molecule has 1 N–H and O–H groups in total. The van der Waals surface area contributed by atoms with Gasteiger partial charge >= 0.3 is 0 Å². The Balaban J connectivity index is 1.79. The quantitative estimate of drug-likeness (QED) is 0.658. The number of hydrogen-bond donors (Lipinski definition) is 1. The summed E-state index contributed by atoms with van der Waals surface area (Å²) in [6.07, 6.45) is 2.66. The highest BCUT2D eigenvalue weighted by Gasteiger charge is 2.39. The summed E-state index contributed by atoms with van der Waals surface area (Å²) in [4.78, 5) is 13.1. The lowest BCUT2D eigenvalue weighted by Gasteiger charge is -2.42. The zero-order valence-corrected chi connectivity index (χ0v) is 18.2. The average molecular weight is 396 g/mol. The van der Waals surface area contributed by atoms with Crippen molar-refractivity contribution in [1.29, 1.82) is 0 Å². The maximum Gasteiger partial charge on any atom is 0.261 e. The van der Waals surface area contributed by atoms with Gasteiger partial charge in [0, 0.05) is 12.0 Å². The van der Waals surface area contributed by atoms with E-state index in [9.17, 15) is 4.79 Å². The molecule has 4 heteroatoms. The summed E-state index contributed by atoms with van der Waals surface area (Å²) in [5.74, 6) is 1.53. The Morgan fingerprint density at radius 3 is 2.52 bits per heavy atom. The van der Waals surface area contributed by atoms with E-state index in [1.165, 1.54) is 5.56 Å². The van der Waals surface area contributed by atoms with Crippen molar-refractivity contribution >= 4 is 5.91 Å². The van der Waals surface area contributed by atoms with Gasteiger partial charge < -0.3 is 14.8 Å². The van der Waals surface area contributed by atoms with Gasteiger partial charge in [0.2, 0.25) is 0 Å². The van der Waals surface area contributed by atoms with E-state index in [-0.39, 0.29) is 17.6 Å². The molecule has 1 aliphatic rings. The van der Waals surface area contributed by atoms with Gasteiger partial charge in [0.15, 0.2) is 6.10 Å². The Morgan fingerprint density at radius 1 is 1.14 bits per heavy atom. The summed E-state index contributed by atoms with van der Waals surface area (Å²) < 4.78 is 12.4. The highest BCUT2D eigenvalue weighted by atomic mass is 16.5. The second kappa shape index (κ2) is 8.89. The molecule has 0 aliphatic carbocycles. The molecule has 1 aliphatic heterocycles. The first kappa shape index (κ1) is 21.2. The minimum atomic E-state index is -0.523. The molecule has 156 valence electrons. The number of para-hydroxylation sites is 1. The van der Waals surface area contributed by atoms with Crippen molar-refractivity contribution in [3.63, 3.8) is 0 Å². The molecule has 0 fully saturated rings. The smallest absolute Gasteiger partial charge is 0.261 e. The fraction of sp³-hybridized carbons (Fsp3) is 0.480. The second-order valence-corrected chi connectivity index (χ2v) is 8.06. The Hall–Kier alpha value is -2.49. The average Bonchev–Trinajstić information content (AvgIpc) is 2.74. The molecule has 0 bridgehead atoms. The number of ether oxygens (including phenoxy) is 2. The van der Waals surface area contributed by atoms with Crippen LogP contribution in [-0.4, -0.2) is 17.6 Å². The molecule has 3 rings (SSSR count). The van der Waals surface area contributed by atoms with Crippen molar-refractivity contribution in [2.75, 3.05) is 0 Å². The molecule has 4 nitrogen and oxygen atoms in total. The third-order valence-corrected chi connectivity index (χ3v) is 6.22. The molecule has 0 aromatic heterocycles. The zero-order chi connectivity index (χ0) is 21.0. The molecule has 1 heterocycles. The molecule has 0 spiro atoms. The molecule has 2 atom stereocenters. The number of benzene rings is 2. The van der Waals surface area contributed by atoms with E-state index in [4.69, 9.17) is 9.47 Å². The Bertz CT molecular complexity index is 857. The van der Waals surface area contributed by atoms with Crippen molar-refractivity contribution in [3.05, 3.63) is 59.2 Å². The fourth-order valence-electron chi connectivity index (χ4n) is 3.97. The van der Waals surface area contributed by atoms with Gasteiger partial charge in [-0.05, 0) is 62.4 Å². The molecule has 1 amide bonds. The van der Waals surface area contributed by atoms with E-state index >= 15 is 0 Å². The van der Waals surface area contributed by atoms with Crippen LogP contribution in [0.5, 0.6) is 11.5 Å². The van der Waals surface area contributed by atoms with Gasteiger partial charge in [0.25, 0.3) is 5.91 Å². The van der Waals surface area contributed by atoms with Crippen LogP contribution in [0.2, 0.25) is 0 Å². The lowest BCUT2D eigenvalue weighted by Crippen LogP contribution is -2.47. The number of nitrogens with one attached hydrogen (secondary N) is 1.